The molecule has 1 N–H and O–H groups in total. The molecule has 0 unspecified atom stereocenters. The van der Waals surface area contributed by atoms with Crippen molar-refractivity contribution in [1.29, 1.82) is 0 Å². The van der Waals surface area contributed by atoms with Crippen molar-refractivity contribution in [3.05, 3.63) is 59.1 Å². The lowest BCUT2D eigenvalue weighted by Crippen LogP contribution is -2.15. The fraction of sp³-hybridized carbons (Fsp3) is 0.167. The van der Waals surface area contributed by atoms with Gasteiger partial charge in [-0.05, 0) is 42.3 Å². The number of amides is 1. The first-order valence-electron chi connectivity index (χ1n) is 7.75. The number of rotatable bonds is 6. The molecule has 1 amide bonds. The summed E-state index contributed by atoms with van der Waals surface area (Å²) in [4.78, 5) is 12.1. The van der Waals surface area contributed by atoms with Gasteiger partial charge in [0.25, 0.3) is 5.22 Å². The van der Waals surface area contributed by atoms with Crippen molar-refractivity contribution < 1.29 is 9.21 Å². The zero-order valence-corrected chi connectivity index (χ0v) is 15.1. The van der Waals surface area contributed by atoms with Crippen LogP contribution in [-0.4, -0.2) is 21.9 Å². The first-order valence-corrected chi connectivity index (χ1v) is 9.12. The summed E-state index contributed by atoms with van der Waals surface area (Å²) in [7, 11) is 0. The third kappa shape index (κ3) is 4.61. The van der Waals surface area contributed by atoms with Crippen LogP contribution in [0, 0.1) is 0 Å². The number of thioether (sulfide) groups is 1. The molecule has 2 aromatic carbocycles. The van der Waals surface area contributed by atoms with Gasteiger partial charge < -0.3 is 9.73 Å². The van der Waals surface area contributed by atoms with E-state index in [0.717, 1.165) is 23.2 Å². The lowest BCUT2D eigenvalue weighted by atomic mass is 10.1. The largest absolute Gasteiger partial charge is 0.411 e. The van der Waals surface area contributed by atoms with E-state index in [9.17, 15) is 4.79 Å². The Hall–Kier alpha value is -2.31. The van der Waals surface area contributed by atoms with Gasteiger partial charge in [0.2, 0.25) is 11.8 Å². The quantitative estimate of drug-likeness (QED) is 0.635. The standard InChI is InChI=1S/C18H16ClN3O2S/c1-2-12-5-3-4-6-15(12)20-16(23)11-25-18-22-21-17(24-18)13-7-9-14(19)10-8-13/h3-10H,2,11H2,1H3,(H,20,23). The van der Waals surface area contributed by atoms with Gasteiger partial charge in [0.05, 0.1) is 5.75 Å². The second-order valence-electron chi connectivity index (χ2n) is 5.23. The van der Waals surface area contributed by atoms with Gasteiger partial charge in [0.1, 0.15) is 0 Å². The number of carbonyl (C=O) groups excluding carboxylic acids is 1. The maximum Gasteiger partial charge on any atom is 0.277 e. The molecule has 3 rings (SSSR count). The van der Waals surface area contributed by atoms with Crippen LogP contribution in [0.15, 0.2) is 58.2 Å². The van der Waals surface area contributed by atoms with E-state index in [0.29, 0.717) is 16.1 Å². The molecule has 0 bridgehead atoms. The smallest absolute Gasteiger partial charge is 0.277 e. The maximum absolute atomic E-state index is 12.1. The number of halogens is 1. The van der Waals surface area contributed by atoms with E-state index in [1.165, 1.54) is 11.8 Å². The van der Waals surface area contributed by atoms with Crippen molar-refractivity contribution in [2.24, 2.45) is 0 Å². The Labute approximate surface area is 154 Å². The van der Waals surface area contributed by atoms with Gasteiger partial charge in [-0.2, -0.15) is 0 Å². The Balaban J connectivity index is 1.58. The summed E-state index contributed by atoms with van der Waals surface area (Å²) in [6.45, 7) is 2.05. The molecule has 0 aliphatic heterocycles. The number of hydrogen-bond acceptors (Lipinski definition) is 5. The minimum Gasteiger partial charge on any atom is -0.411 e. The molecular formula is C18H16ClN3O2S. The molecule has 25 heavy (non-hydrogen) atoms. The molecule has 1 heterocycles. The van der Waals surface area contributed by atoms with Crippen LogP contribution in [0.3, 0.4) is 0 Å². The molecular weight excluding hydrogens is 358 g/mol. The van der Waals surface area contributed by atoms with E-state index in [4.69, 9.17) is 16.0 Å². The molecule has 0 aliphatic rings. The van der Waals surface area contributed by atoms with Crippen molar-refractivity contribution >= 4 is 35.0 Å². The zero-order chi connectivity index (χ0) is 17.6. The predicted octanol–water partition coefficient (Wildman–Crippen LogP) is 4.68. The van der Waals surface area contributed by atoms with Crippen molar-refractivity contribution in [2.75, 3.05) is 11.1 Å². The van der Waals surface area contributed by atoms with Crippen molar-refractivity contribution in [3.8, 4) is 11.5 Å². The van der Waals surface area contributed by atoms with Crippen LogP contribution in [0.1, 0.15) is 12.5 Å². The Bertz CT molecular complexity index is 865. The number of nitrogens with zero attached hydrogens (tertiary/aromatic N) is 2. The van der Waals surface area contributed by atoms with Crippen LogP contribution >= 0.6 is 23.4 Å². The normalized spacial score (nSPS) is 10.6. The number of anilines is 1. The van der Waals surface area contributed by atoms with E-state index >= 15 is 0 Å². The summed E-state index contributed by atoms with van der Waals surface area (Å²) in [6.07, 6.45) is 0.859. The second-order valence-corrected chi connectivity index (χ2v) is 6.59. The zero-order valence-electron chi connectivity index (χ0n) is 13.5. The van der Waals surface area contributed by atoms with E-state index in [2.05, 4.69) is 22.4 Å². The SMILES string of the molecule is CCc1ccccc1NC(=O)CSc1nnc(-c2ccc(Cl)cc2)o1. The number of aryl methyl sites for hydroxylation is 1. The average molecular weight is 374 g/mol. The highest BCUT2D eigenvalue weighted by molar-refractivity contribution is 7.99. The van der Waals surface area contributed by atoms with Gasteiger partial charge in [-0.1, -0.05) is 48.5 Å². The maximum atomic E-state index is 12.1. The first kappa shape index (κ1) is 17.5. The fourth-order valence-electron chi connectivity index (χ4n) is 2.24. The molecule has 0 fully saturated rings. The molecule has 0 atom stereocenters. The lowest BCUT2D eigenvalue weighted by molar-refractivity contribution is -0.113. The van der Waals surface area contributed by atoms with Gasteiger partial charge in [0, 0.05) is 16.3 Å². The van der Waals surface area contributed by atoms with E-state index < -0.39 is 0 Å². The number of nitrogens with one attached hydrogen (secondary N) is 1. The Morgan fingerprint density at radius 3 is 2.68 bits per heavy atom. The van der Waals surface area contributed by atoms with Gasteiger partial charge in [-0.3, -0.25) is 4.79 Å². The number of hydrogen-bond donors (Lipinski definition) is 1. The highest BCUT2D eigenvalue weighted by Crippen LogP contribution is 2.24. The number of para-hydroxylation sites is 1. The van der Waals surface area contributed by atoms with Crippen molar-refractivity contribution in [2.45, 2.75) is 18.6 Å². The number of benzene rings is 2. The summed E-state index contributed by atoms with van der Waals surface area (Å²) in [6, 6.07) is 14.9. The molecule has 7 heteroatoms. The van der Waals surface area contributed by atoms with Crippen LogP contribution in [-0.2, 0) is 11.2 Å². The van der Waals surface area contributed by atoms with Gasteiger partial charge >= 0.3 is 0 Å². The average Bonchev–Trinajstić information content (AvgIpc) is 3.10. The fourth-order valence-corrected chi connectivity index (χ4v) is 2.93. The van der Waals surface area contributed by atoms with Gasteiger partial charge in [-0.25, -0.2) is 0 Å². The molecule has 1 aromatic heterocycles. The highest BCUT2D eigenvalue weighted by atomic mass is 35.5. The van der Waals surface area contributed by atoms with E-state index in [1.807, 2.05) is 24.3 Å². The minimum absolute atomic E-state index is 0.114. The lowest BCUT2D eigenvalue weighted by Gasteiger charge is -2.08. The Morgan fingerprint density at radius 2 is 1.92 bits per heavy atom. The number of carbonyl (C=O) groups is 1. The summed E-state index contributed by atoms with van der Waals surface area (Å²) in [5, 5.41) is 11.9. The predicted molar refractivity (Wildman–Crippen MR) is 99.9 cm³/mol. The topological polar surface area (TPSA) is 68.0 Å². The van der Waals surface area contributed by atoms with Crippen LogP contribution in [0.5, 0.6) is 0 Å². The van der Waals surface area contributed by atoms with Crippen molar-refractivity contribution in [3.63, 3.8) is 0 Å². The summed E-state index contributed by atoms with van der Waals surface area (Å²) >= 11 is 7.06. The van der Waals surface area contributed by atoms with E-state index in [1.54, 1.807) is 24.3 Å². The second kappa shape index (κ2) is 8.18. The third-order valence-corrected chi connectivity index (χ3v) is 4.57. The van der Waals surface area contributed by atoms with E-state index in [-0.39, 0.29) is 11.7 Å². The Morgan fingerprint density at radius 1 is 1.16 bits per heavy atom. The van der Waals surface area contributed by atoms with Crippen molar-refractivity contribution in [1.82, 2.24) is 10.2 Å². The molecule has 0 saturated heterocycles. The minimum atomic E-state index is -0.114. The molecule has 128 valence electrons. The third-order valence-electron chi connectivity index (χ3n) is 3.50. The monoisotopic (exact) mass is 373 g/mol. The first-order chi connectivity index (χ1) is 12.2. The number of aromatic nitrogens is 2. The van der Waals surface area contributed by atoms with Gasteiger partial charge in [-0.15, -0.1) is 10.2 Å². The molecule has 0 aliphatic carbocycles. The van der Waals surface area contributed by atoms with Crippen LogP contribution in [0.4, 0.5) is 5.69 Å². The van der Waals surface area contributed by atoms with Crippen LogP contribution in [0.2, 0.25) is 5.02 Å². The molecule has 0 saturated carbocycles. The molecule has 5 nitrogen and oxygen atoms in total. The van der Waals surface area contributed by atoms with Crippen LogP contribution in [0.25, 0.3) is 11.5 Å². The highest BCUT2D eigenvalue weighted by Gasteiger charge is 2.12. The summed E-state index contributed by atoms with van der Waals surface area (Å²) in [5.74, 6) is 0.480. The molecule has 0 radical (unpaired) electrons. The summed E-state index contributed by atoms with van der Waals surface area (Å²) < 4.78 is 5.57. The molecule has 3 aromatic rings. The summed E-state index contributed by atoms with van der Waals surface area (Å²) in [5.41, 5.74) is 2.72. The Kier molecular flexibility index (Phi) is 5.73. The van der Waals surface area contributed by atoms with Gasteiger partial charge in [0.15, 0.2) is 0 Å². The molecule has 0 spiro atoms. The van der Waals surface area contributed by atoms with Crippen LogP contribution < -0.4 is 5.32 Å².